The van der Waals surface area contributed by atoms with E-state index in [0.29, 0.717) is 6.54 Å². The summed E-state index contributed by atoms with van der Waals surface area (Å²) in [5, 5.41) is 2.92. The molecule has 1 fully saturated rings. The van der Waals surface area contributed by atoms with E-state index in [2.05, 4.69) is 5.32 Å². The molecule has 0 spiro atoms. The number of carbonyl (C=O) groups is 1. The fourth-order valence-corrected chi connectivity index (χ4v) is 2.21. The van der Waals surface area contributed by atoms with Gasteiger partial charge in [0.05, 0.1) is 6.10 Å². The van der Waals surface area contributed by atoms with Crippen LogP contribution in [0.15, 0.2) is 0 Å². The van der Waals surface area contributed by atoms with Crippen molar-refractivity contribution in [1.29, 1.82) is 0 Å². The number of carbonyl (C=O) groups excluding carboxylic acids is 1. The molecular weight excluding hydrogens is 228 g/mol. The summed E-state index contributed by atoms with van der Waals surface area (Å²) < 4.78 is 5.87. The zero-order valence-corrected chi connectivity index (χ0v) is 12.0. The van der Waals surface area contributed by atoms with Gasteiger partial charge in [-0.15, -0.1) is 0 Å². The molecule has 3 N–H and O–H groups in total. The fourth-order valence-electron chi connectivity index (χ4n) is 2.21. The summed E-state index contributed by atoms with van der Waals surface area (Å²) in [6.45, 7) is 6.09. The van der Waals surface area contributed by atoms with Crippen molar-refractivity contribution >= 4 is 5.91 Å². The highest BCUT2D eigenvalue weighted by Crippen LogP contribution is 2.21. The van der Waals surface area contributed by atoms with Crippen molar-refractivity contribution in [2.45, 2.75) is 77.0 Å². The van der Waals surface area contributed by atoms with Crippen molar-refractivity contribution in [2.24, 2.45) is 5.73 Å². The Morgan fingerprint density at radius 3 is 2.39 bits per heavy atom. The molecule has 0 aliphatic heterocycles. The second kappa shape index (κ2) is 7.10. The van der Waals surface area contributed by atoms with Gasteiger partial charge in [-0.2, -0.15) is 0 Å². The first-order valence-corrected chi connectivity index (χ1v) is 7.12. The first-order valence-electron chi connectivity index (χ1n) is 7.12. The normalized spacial score (nSPS) is 20.2. The van der Waals surface area contributed by atoms with Gasteiger partial charge >= 0.3 is 0 Å². The predicted octanol–water partition coefficient (Wildman–Crippen LogP) is 1.97. The topological polar surface area (TPSA) is 64.3 Å². The molecule has 0 aromatic rings. The lowest BCUT2D eigenvalue weighted by atomic mass is 10.1. The molecule has 106 valence electrons. The molecule has 0 heterocycles. The van der Waals surface area contributed by atoms with Gasteiger partial charge < -0.3 is 15.8 Å². The van der Waals surface area contributed by atoms with Gasteiger partial charge in [0.2, 0.25) is 5.91 Å². The number of ether oxygens (including phenoxy) is 1. The molecule has 0 aromatic heterocycles. The molecule has 1 aliphatic rings. The number of hydrogen-bond donors (Lipinski definition) is 2. The average molecular weight is 256 g/mol. The molecule has 4 nitrogen and oxygen atoms in total. The van der Waals surface area contributed by atoms with E-state index >= 15 is 0 Å². The molecule has 18 heavy (non-hydrogen) atoms. The van der Waals surface area contributed by atoms with Gasteiger partial charge in [-0.3, -0.25) is 4.79 Å². The van der Waals surface area contributed by atoms with Crippen LogP contribution in [0.1, 0.15) is 59.3 Å². The van der Waals surface area contributed by atoms with E-state index in [1.165, 1.54) is 25.7 Å². The van der Waals surface area contributed by atoms with E-state index in [-0.39, 0.29) is 23.7 Å². The first-order chi connectivity index (χ1) is 8.44. The van der Waals surface area contributed by atoms with Gasteiger partial charge in [-0.1, -0.05) is 25.7 Å². The third-order valence-corrected chi connectivity index (χ3v) is 3.54. The van der Waals surface area contributed by atoms with Crippen LogP contribution in [0.25, 0.3) is 0 Å². The van der Waals surface area contributed by atoms with E-state index in [1.54, 1.807) is 0 Å². The number of amides is 1. The number of nitrogens with two attached hydrogens (primary N) is 1. The average Bonchev–Trinajstić information content (AvgIpc) is 2.57. The second-order valence-corrected chi connectivity index (χ2v) is 5.97. The Hall–Kier alpha value is -0.610. The molecule has 1 amide bonds. The monoisotopic (exact) mass is 256 g/mol. The van der Waals surface area contributed by atoms with Crippen molar-refractivity contribution in [3.8, 4) is 0 Å². The summed E-state index contributed by atoms with van der Waals surface area (Å²) >= 11 is 0. The van der Waals surface area contributed by atoms with Gasteiger partial charge in [0.1, 0.15) is 6.10 Å². The smallest absolute Gasteiger partial charge is 0.249 e. The van der Waals surface area contributed by atoms with Gasteiger partial charge in [0.15, 0.2) is 0 Å². The quantitative estimate of drug-likeness (QED) is 0.739. The zero-order chi connectivity index (χ0) is 13.6. The van der Waals surface area contributed by atoms with Crippen LogP contribution in [0, 0.1) is 0 Å². The van der Waals surface area contributed by atoms with Crippen LogP contribution in [0.5, 0.6) is 0 Å². The van der Waals surface area contributed by atoms with Crippen molar-refractivity contribution in [1.82, 2.24) is 5.32 Å². The lowest BCUT2D eigenvalue weighted by Gasteiger charge is -2.27. The van der Waals surface area contributed by atoms with Crippen LogP contribution >= 0.6 is 0 Å². The Labute approximate surface area is 111 Å². The molecular formula is C14H28N2O2. The van der Waals surface area contributed by atoms with Crippen LogP contribution in [0.3, 0.4) is 0 Å². The first kappa shape index (κ1) is 15.4. The summed E-state index contributed by atoms with van der Waals surface area (Å²) in [5.74, 6) is -0.0605. The van der Waals surface area contributed by atoms with E-state index in [4.69, 9.17) is 10.5 Å². The molecule has 0 bridgehead atoms. The summed E-state index contributed by atoms with van der Waals surface area (Å²) in [6.07, 6.45) is 7.03. The predicted molar refractivity (Wildman–Crippen MR) is 73.3 cm³/mol. The van der Waals surface area contributed by atoms with Crippen LogP contribution in [-0.4, -0.2) is 30.2 Å². The Morgan fingerprint density at radius 1 is 1.33 bits per heavy atom. The van der Waals surface area contributed by atoms with Crippen molar-refractivity contribution in [3.63, 3.8) is 0 Å². The Morgan fingerprint density at radius 2 is 1.89 bits per heavy atom. The number of hydrogen-bond acceptors (Lipinski definition) is 3. The van der Waals surface area contributed by atoms with Crippen LogP contribution in [-0.2, 0) is 9.53 Å². The second-order valence-electron chi connectivity index (χ2n) is 5.97. The van der Waals surface area contributed by atoms with Gasteiger partial charge in [0.25, 0.3) is 0 Å². The van der Waals surface area contributed by atoms with Crippen molar-refractivity contribution in [3.05, 3.63) is 0 Å². The Bertz CT molecular complexity index is 259. The van der Waals surface area contributed by atoms with Crippen molar-refractivity contribution in [2.75, 3.05) is 6.54 Å². The minimum absolute atomic E-state index is 0.0605. The Kier molecular flexibility index (Phi) is 6.09. The Balaban J connectivity index is 2.38. The molecule has 0 aromatic carbocycles. The summed E-state index contributed by atoms with van der Waals surface area (Å²) in [6, 6.07) is 0. The van der Waals surface area contributed by atoms with Gasteiger partial charge in [-0.25, -0.2) is 0 Å². The molecule has 1 atom stereocenters. The summed E-state index contributed by atoms with van der Waals surface area (Å²) in [7, 11) is 0. The SMILES string of the molecule is CC(OC1CCCCCC1)C(=O)NC(C)(C)CN. The lowest BCUT2D eigenvalue weighted by molar-refractivity contribution is -0.137. The number of nitrogens with one attached hydrogen (secondary N) is 1. The van der Waals surface area contributed by atoms with E-state index < -0.39 is 0 Å². The molecule has 1 aliphatic carbocycles. The van der Waals surface area contributed by atoms with E-state index in [0.717, 1.165) is 12.8 Å². The molecule has 4 heteroatoms. The summed E-state index contributed by atoms with van der Waals surface area (Å²) in [4.78, 5) is 12.0. The summed E-state index contributed by atoms with van der Waals surface area (Å²) in [5.41, 5.74) is 5.24. The standard InChI is InChI=1S/C14H28N2O2/c1-11(13(17)16-14(2,3)10-15)18-12-8-6-4-5-7-9-12/h11-12H,4-10,15H2,1-3H3,(H,16,17). The minimum Gasteiger partial charge on any atom is -0.365 e. The van der Waals surface area contributed by atoms with Crippen LogP contribution < -0.4 is 11.1 Å². The minimum atomic E-state index is -0.390. The maximum absolute atomic E-state index is 12.0. The third-order valence-electron chi connectivity index (χ3n) is 3.54. The van der Waals surface area contributed by atoms with E-state index in [1.807, 2.05) is 20.8 Å². The van der Waals surface area contributed by atoms with E-state index in [9.17, 15) is 4.79 Å². The maximum atomic E-state index is 12.0. The fraction of sp³-hybridized carbons (Fsp3) is 0.929. The third kappa shape index (κ3) is 5.36. The number of rotatable bonds is 5. The maximum Gasteiger partial charge on any atom is 0.249 e. The van der Waals surface area contributed by atoms with Crippen LogP contribution in [0.2, 0.25) is 0 Å². The van der Waals surface area contributed by atoms with Gasteiger partial charge in [0, 0.05) is 12.1 Å². The largest absolute Gasteiger partial charge is 0.365 e. The molecule has 1 unspecified atom stereocenters. The highest BCUT2D eigenvalue weighted by Gasteiger charge is 2.25. The zero-order valence-electron chi connectivity index (χ0n) is 12.0. The molecule has 0 saturated heterocycles. The molecule has 0 radical (unpaired) electrons. The van der Waals surface area contributed by atoms with Gasteiger partial charge in [-0.05, 0) is 33.6 Å². The highest BCUT2D eigenvalue weighted by atomic mass is 16.5. The lowest BCUT2D eigenvalue weighted by Crippen LogP contribution is -2.52. The van der Waals surface area contributed by atoms with Crippen molar-refractivity contribution < 1.29 is 9.53 Å². The van der Waals surface area contributed by atoms with Crippen LogP contribution in [0.4, 0.5) is 0 Å². The highest BCUT2D eigenvalue weighted by molar-refractivity contribution is 5.81. The molecule has 1 saturated carbocycles. The molecule has 1 rings (SSSR count).